The molecule has 2 nitrogen and oxygen atoms in total. The normalized spacial score (nSPS) is 10.3. The van der Waals surface area contributed by atoms with Crippen molar-refractivity contribution in [3.05, 3.63) is 65.7 Å². The predicted octanol–water partition coefficient (Wildman–Crippen LogP) is 3.67. The summed E-state index contributed by atoms with van der Waals surface area (Å²) in [5.74, 6) is -1.09. The molecule has 2 aromatic carbocycles. The first-order valence-electron chi connectivity index (χ1n) is 6.32. The third kappa shape index (κ3) is 3.41. The van der Waals surface area contributed by atoms with Crippen molar-refractivity contribution in [3.8, 4) is 0 Å². The molecule has 0 N–H and O–H groups in total. The van der Waals surface area contributed by atoms with Gasteiger partial charge in [-0.05, 0) is 30.3 Å². The van der Waals surface area contributed by atoms with Crippen LogP contribution in [0.4, 0.5) is 14.5 Å². The summed E-state index contributed by atoms with van der Waals surface area (Å²) < 4.78 is 26.6. The summed E-state index contributed by atoms with van der Waals surface area (Å²) in [6.07, 6.45) is 0.175. The summed E-state index contributed by atoms with van der Waals surface area (Å²) in [6.45, 7) is 0.399. The van der Waals surface area contributed by atoms with Crippen molar-refractivity contribution in [2.24, 2.45) is 0 Å². The van der Waals surface area contributed by atoms with Crippen molar-refractivity contribution in [2.75, 3.05) is 18.5 Å². The molecule has 0 aliphatic heterocycles. The summed E-state index contributed by atoms with van der Waals surface area (Å²) in [7, 11) is 1.77. The van der Waals surface area contributed by atoms with Crippen LogP contribution in [0.2, 0.25) is 0 Å². The first kappa shape index (κ1) is 14.2. The predicted molar refractivity (Wildman–Crippen MR) is 75.0 cm³/mol. The van der Waals surface area contributed by atoms with E-state index in [1.807, 2.05) is 0 Å². The van der Waals surface area contributed by atoms with E-state index >= 15 is 0 Å². The van der Waals surface area contributed by atoms with E-state index in [-0.39, 0.29) is 23.6 Å². The average molecular weight is 275 g/mol. The molecule has 4 heteroatoms. The van der Waals surface area contributed by atoms with Gasteiger partial charge >= 0.3 is 0 Å². The first-order chi connectivity index (χ1) is 9.58. The van der Waals surface area contributed by atoms with Crippen molar-refractivity contribution in [1.29, 1.82) is 0 Å². The molecule has 0 aromatic heterocycles. The molecule has 0 fully saturated rings. The number of ketones is 1. The van der Waals surface area contributed by atoms with Gasteiger partial charge in [-0.3, -0.25) is 4.79 Å². The second kappa shape index (κ2) is 6.28. The second-order valence-corrected chi connectivity index (χ2v) is 4.55. The molecule has 0 atom stereocenters. The van der Waals surface area contributed by atoms with E-state index in [9.17, 15) is 13.6 Å². The van der Waals surface area contributed by atoms with E-state index in [2.05, 4.69) is 0 Å². The molecule has 0 saturated carbocycles. The number of carbonyl (C=O) groups is 1. The van der Waals surface area contributed by atoms with Crippen molar-refractivity contribution in [3.63, 3.8) is 0 Å². The Bertz CT molecular complexity index is 613. The molecule has 104 valence electrons. The number of halogens is 2. The van der Waals surface area contributed by atoms with E-state index in [1.54, 1.807) is 36.2 Å². The molecule has 0 radical (unpaired) electrons. The quantitative estimate of drug-likeness (QED) is 0.776. The number of hydrogen-bond donors (Lipinski definition) is 0. The van der Waals surface area contributed by atoms with Gasteiger partial charge in [0.2, 0.25) is 0 Å². The molecule has 0 aliphatic rings. The van der Waals surface area contributed by atoms with Gasteiger partial charge in [-0.2, -0.15) is 0 Å². The Labute approximate surface area is 116 Å². The van der Waals surface area contributed by atoms with E-state index in [0.717, 1.165) is 0 Å². The van der Waals surface area contributed by atoms with Crippen molar-refractivity contribution >= 4 is 11.5 Å². The zero-order valence-electron chi connectivity index (χ0n) is 11.1. The zero-order valence-corrected chi connectivity index (χ0v) is 11.1. The lowest BCUT2D eigenvalue weighted by Crippen LogP contribution is -2.21. The highest BCUT2D eigenvalue weighted by Gasteiger charge is 2.12. The van der Waals surface area contributed by atoms with Gasteiger partial charge in [0.25, 0.3) is 0 Å². The van der Waals surface area contributed by atoms with Crippen LogP contribution in [0.5, 0.6) is 0 Å². The van der Waals surface area contributed by atoms with Gasteiger partial charge in [-0.15, -0.1) is 0 Å². The Kier molecular flexibility index (Phi) is 4.45. The fraction of sp³-hybridized carbons (Fsp3) is 0.188. The maximum absolute atomic E-state index is 13.5. The summed E-state index contributed by atoms with van der Waals surface area (Å²) in [6, 6.07) is 12.0. The van der Waals surface area contributed by atoms with Gasteiger partial charge in [0.1, 0.15) is 11.6 Å². The Morgan fingerprint density at radius 3 is 2.55 bits per heavy atom. The van der Waals surface area contributed by atoms with Crippen LogP contribution >= 0.6 is 0 Å². The SMILES string of the molecule is CN(CCC(=O)c1ccccc1F)c1cccc(F)c1. The van der Waals surface area contributed by atoms with E-state index in [0.29, 0.717) is 12.2 Å². The minimum Gasteiger partial charge on any atom is -0.374 e. The van der Waals surface area contributed by atoms with Gasteiger partial charge in [-0.1, -0.05) is 18.2 Å². The number of Topliss-reactive ketones (excluding diaryl/α,β-unsaturated/α-hetero) is 1. The Morgan fingerprint density at radius 2 is 1.85 bits per heavy atom. The molecule has 2 rings (SSSR count). The van der Waals surface area contributed by atoms with E-state index in [4.69, 9.17) is 0 Å². The highest BCUT2D eigenvalue weighted by atomic mass is 19.1. The summed E-state index contributed by atoms with van der Waals surface area (Å²) in [5.41, 5.74) is 0.784. The van der Waals surface area contributed by atoms with Crippen LogP contribution in [0.1, 0.15) is 16.8 Å². The molecule has 0 unspecified atom stereocenters. The molecule has 0 heterocycles. The molecular formula is C16H15F2NO. The molecule has 2 aromatic rings. The maximum Gasteiger partial charge on any atom is 0.167 e. The van der Waals surface area contributed by atoms with E-state index < -0.39 is 5.82 Å². The monoisotopic (exact) mass is 275 g/mol. The van der Waals surface area contributed by atoms with E-state index in [1.165, 1.54) is 24.3 Å². The minimum atomic E-state index is -0.508. The molecule has 20 heavy (non-hydrogen) atoms. The number of benzene rings is 2. The molecule has 0 bridgehead atoms. The van der Waals surface area contributed by atoms with Crippen LogP contribution < -0.4 is 4.90 Å². The average Bonchev–Trinajstić information content (AvgIpc) is 2.45. The smallest absolute Gasteiger partial charge is 0.167 e. The lowest BCUT2D eigenvalue weighted by atomic mass is 10.1. The summed E-state index contributed by atoms with van der Waals surface area (Å²) >= 11 is 0. The minimum absolute atomic E-state index is 0.0974. The third-order valence-corrected chi connectivity index (χ3v) is 3.10. The molecule has 0 saturated heterocycles. The molecule has 0 spiro atoms. The van der Waals surface area contributed by atoms with Crippen molar-refractivity contribution in [2.45, 2.75) is 6.42 Å². The van der Waals surface area contributed by atoms with Crippen molar-refractivity contribution < 1.29 is 13.6 Å². The number of anilines is 1. The van der Waals surface area contributed by atoms with Gasteiger partial charge in [0.15, 0.2) is 5.78 Å². The highest BCUT2D eigenvalue weighted by molar-refractivity contribution is 5.96. The Morgan fingerprint density at radius 1 is 1.10 bits per heavy atom. The third-order valence-electron chi connectivity index (χ3n) is 3.10. The second-order valence-electron chi connectivity index (χ2n) is 4.55. The van der Waals surface area contributed by atoms with Crippen LogP contribution in [0.15, 0.2) is 48.5 Å². The largest absolute Gasteiger partial charge is 0.374 e. The molecule has 0 amide bonds. The Hall–Kier alpha value is -2.23. The van der Waals surface area contributed by atoms with Gasteiger partial charge in [0, 0.05) is 25.7 Å². The highest BCUT2D eigenvalue weighted by Crippen LogP contribution is 2.15. The number of carbonyl (C=O) groups excluding carboxylic acids is 1. The van der Waals surface area contributed by atoms with Crippen LogP contribution in [-0.4, -0.2) is 19.4 Å². The standard InChI is InChI=1S/C16H15F2NO/c1-19(13-6-4-5-12(17)11-13)10-9-16(20)14-7-2-3-8-15(14)18/h2-8,11H,9-10H2,1H3. The number of nitrogens with zero attached hydrogens (tertiary/aromatic N) is 1. The lowest BCUT2D eigenvalue weighted by molar-refractivity contribution is 0.0981. The number of rotatable bonds is 5. The zero-order chi connectivity index (χ0) is 14.5. The fourth-order valence-electron chi connectivity index (χ4n) is 1.93. The van der Waals surface area contributed by atoms with Crippen LogP contribution in [0.25, 0.3) is 0 Å². The van der Waals surface area contributed by atoms with Gasteiger partial charge < -0.3 is 4.90 Å². The lowest BCUT2D eigenvalue weighted by Gasteiger charge is -2.18. The van der Waals surface area contributed by atoms with Crippen LogP contribution in [0.3, 0.4) is 0 Å². The molecule has 0 aliphatic carbocycles. The Balaban J connectivity index is 1.99. The molecular weight excluding hydrogens is 260 g/mol. The summed E-state index contributed by atoms with van der Waals surface area (Å²) in [5, 5.41) is 0. The van der Waals surface area contributed by atoms with Crippen molar-refractivity contribution in [1.82, 2.24) is 0 Å². The maximum atomic E-state index is 13.5. The fourth-order valence-corrected chi connectivity index (χ4v) is 1.93. The topological polar surface area (TPSA) is 20.3 Å². The van der Waals surface area contributed by atoms with Crippen LogP contribution in [-0.2, 0) is 0 Å². The van der Waals surface area contributed by atoms with Gasteiger partial charge in [0.05, 0.1) is 5.56 Å². The van der Waals surface area contributed by atoms with Crippen LogP contribution in [0, 0.1) is 11.6 Å². The first-order valence-corrected chi connectivity index (χ1v) is 6.32. The number of hydrogen-bond acceptors (Lipinski definition) is 2. The van der Waals surface area contributed by atoms with Gasteiger partial charge in [-0.25, -0.2) is 8.78 Å². The summed E-state index contributed by atoms with van der Waals surface area (Å²) in [4.78, 5) is 13.7.